The number of nitrogens with one attached hydrogen (secondary N) is 3. The number of amides is 1. The van der Waals surface area contributed by atoms with Gasteiger partial charge in [-0.25, -0.2) is 0 Å². The summed E-state index contributed by atoms with van der Waals surface area (Å²) in [4.78, 5) is 16.9. The van der Waals surface area contributed by atoms with Gasteiger partial charge in [-0.3, -0.25) is 9.79 Å². The number of rotatable bonds is 10. The van der Waals surface area contributed by atoms with E-state index in [2.05, 4.69) is 33.9 Å². The fourth-order valence-electron chi connectivity index (χ4n) is 2.96. The number of aryl methyl sites for hydroxylation is 1. The standard InChI is InChI=1S/C23H32N4O3/c1-5-24-23(26-12-11-18-15-17(2)9-10-21(18)30-4)27-14-13-25-22(28)19-7-6-8-20(16-19)29-3/h6-10,15-16H,5,11-14H2,1-4H3,(H,25,28)(H2,24,26,27). The summed E-state index contributed by atoms with van der Waals surface area (Å²) in [6.07, 6.45) is 0.786. The van der Waals surface area contributed by atoms with Gasteiger partial charge in [0.05, 0.1) is 14.2 Å². The number of hydrogen-bond donors (Lipinski definition) is 3. The molecule has 0 spiro atoms. The molecule has 0 saturated heterocycles. The largest absolute Gasteiger partial charge is 0.497 e. The van der Waals surface area contributed by atoms with Crippen LogP contribution in [-0.2, 0) is 6.42 Å². The second-order valence-electron chi connectivity index (χ2n) is 6.74. The molecule has 0 radical (unpaired) electrons. The average molecular weight is 413 g/mol. The van der Waals surface area contributed by atoms with Gasteiger partial charge in [-0.2, -0.15) is 0 Å². The summed E-state index contributed by atoms with van der Waals surface area (Å²) < 4.78 is 10.6. The summed E-state index contributed by atoms with van der Waals surface area (Å²) in [5.41, 5.74) is 2.91. The molecule has 0 aliphatic carbocycles. The van der Waals surface area contributed by atoms with Crippen LogP contribution in [0.3, 0.4) is 0 Å². The number of ether oxygens (including phenoxy) is 2. The van der Waals surface area contributed by atoms with Crippen molar-refractivity contribution in [3.8, 4) is 11.5 Å². The van der Waals surface area contributed by atoms with Gasteiger partial charge in [-0.1, -0.05) is 23.8 Å². The highest BCUT2D eigenvalue weighted by Crippen LogP contribution is 2.20. The quantitative estimate of drug-likeness (QED) is 0.317. The second kappa shape index (κ2) is 12.4. The van der Waals surface area contributed by atoms with Gasteiger partial charge in [0.15, 0.2) is 5.96 Å². The Morgan fingerprint density at radius 1 is 1.00 bits per heavy atom. The first-order valence-corrected chi connectivity index (χ1v) is 10.1. The first-order chi connectivity index (χ1) is 14.6. The predicted octanol–water partition coefficient (Wildman–Crippen LogP) is 2.54. The highest BCUT2D eigenvalue weighted by molar-refractivity contribution is 5.94. The molecule has 2 aromatic rings. The normalized spacial score (nSPS) is 11.0. The number of methoxy groups -OCH3 is 2. The number of hydrogen-bond acceptors (Lipinski definition) is 4. The predicted molar refractivity (Wildman–Crippen MR) is 121 cm³/mol. The zero-order valence-corrected chi connectivity index (χ0v) is 18.2. The SMILES string of the molecule is CCNC(=NCCc1cc(C)ccc1OC)NCCNC(=O)c1cccc(OC)c1. The number of benzene rings is 2. The number of carbonyl (C=O) groups excluding carboxylic acids is 1. The molecule has 0 aromatic heterocycles. The van der Waals surface area contributed by atoms with Crippen molar-refractivity contribution in [2.24, 2.45) is 4.99 Å². The molecule has 0 fully saturated rings. The van der Waals surface area contributed by atoms with Gasteiger partial charge >= 0.3 is 0 Å². The van der Waals surface area contributed by atoms with Gasteiger partial charge in [-0.05, 0) is 50.1 Å². The molecule has 162 valence electrons. The molecule has 0 saturated carbocycles. The van der Waals surface area contributed by atoms with Crippen LogP contribution in [0.25, 0.3) is 0 Å². The van der Waals surface area contributed by atoms with E-state index >= 15 is 0 Å². The lowest BCUT2D eigenvalue weighted by atomic mass is 10.1. The summed E-state index contributed by atoms with van der Waals surface area (Å²) in [5.74, 6) is 2.13. The highest BCUT2D eigenvalue weighted by Gasteiger charge is 2.06. The van der Waals surface area contributed by atoms with Crippen molar-refractivity contribution in [3.05, 3.63) is 59.2 Å². The summed E-state index contributed by atoms with van der Waals surface area (Å²) in [5, 5.41) is 9.36. The molecule has 30 heavy (non-hydrogen) atoms. The van der Waals surface area contributed by atoms with Gasteiger partial charge in [-0.15, -0.1) is 0 Å². The van der Waals surface area contributed by atoms with Crippen molar-refractivity contribution in [1.29, 1.82) is 0 Å². The molecule has 2 aromatic carbocycles. The molecule has 3 N–H and O–H groups in total. The lowest BCUT2D eigenvalue weighted by Gasteiger charge is -2.13. The van der Waals surface area contributed by atoms with Crippen molar-refractivity contribution in [2.75, 3.05) is 40.4 Å². The summed E-state index contributed by atoms with van der Waals surface area (Å²) >= 11 is 0. The Morgan fingerprint density at radius 2 is 1.80 bits per heavy atom. The highest BCUT2D eigenvalue weighted by atomic mass is 16.5. The number of carbonyl (C=O) groups is 1. The first-order valence-electron chi connectivity index (χ1n) is 10.1. The van der Waals surface area contributed by atoms with Crippen molar-refractivity contribution in [1.82, 2.24) is 16.0 Å². The molecule has 0 atom stereocenters. The number of guanidine groups is 1. The van der Waals surface area contributed by atoms with E-state index in [0.29, 0.717) is 30.9 Å². The maximum Gasteiger partial charge on any atom is 0.251 e. The minimum Gasteiger partial charge on any atom is -0.497 e. The van der Waals surface area contributed by atoms with Crippen molar-refractivity contribution < 1.29 is 14.3 Å². The van der Waals surface area contributed by atoms with Crippen LogP contribution in [-0.4, -0.2) is 52.3 Å². The van der Waals surface area contributed by atoms with Crippen LogP contribution in [0.2, 0.25) is 0 Å². The Bertz CT molecular complexity index is 852. The van der Waals surface area contributed by atoms with E-state index in [-0.39, 0.29) is 5.91 Å². The van der Waals surface area contributed by atoms with Gasteiger partial charge in [0.1, 0.15) is 11.5 Å². The van der Waals surface area contributed by atoms with Crippen molar-refractivity contribution in [2.45, 2.75) is 20.3 Å². The lowest BCUT2D eigenvalue weighted by Crippen LogP contribution is -2.41. The number of aliphatic imine (C=N–C) groups is 1. The third kappa shape index (κ3) is 7.31. The van der Waals surface area contributed by atoms with Crippen LogP contribution in [0.1, 0.15) is 28.4 Å². The fourth-order valence-corrected chi connectivity index (χ4v) is 2.96. The fraction of sp³-hybridized carbons (Fsp3) is 0.391. The minimum absolute atomic E-state index is 0.135. The maximum absolute atomic E-state index is 12.2. The molecular formula is C23H32N4O3. The summed E-state index contributed by atoms with van der Waals surface area (Å²) in [6, 6.07) is 13.2. The van der Waals surface area contributed by atoms with E-state index in [1.165, 1.54) is 5.56 Å². The lowest BCUT2D eigenvalue weighted by molar-refractivity contribution is 0.0954. The Morgan fingerprint density at radius 3 is 2.53 bits per heavy atom. The molecule has 0 bridgehead atoms. The Balaban J connectivity index is 1.82. The zero-order valence-electron chi connectivity index (χ0n) is 18.2. The molecule has 0 heterocycles. The van der Waals surface area contributed by atoms with E-state index in [9.17, 15) is 4.79 Å². The molecule has 0 aliphatic rings. The second-order valence-corrected chi connectivity index (χ2v) is 6.74. The van der Waals surface area contributed by atoms with Gasteiger partial charge in [0, 0.05) is 31.7 Å². The van der Waals surface area contributed by atoms with E-state index < -0.39 is 0 Å². The summed E-state index contributed by atoms with van der Waals surface area (Å²) in [6.45, 7) is 6.52. The number of nitrogens with zero attached hydrogens (tertiary/aromatic N) is 1. The van der Waals surface area contributed by atoms with E-state index in [1.54, 1.807) is 32.4 Å². The van der Waals surface area contributed by atoms with E-state index in [0.717, 1.165) is 30.2 Å². The topological polar surface area (TPSA) is 84.0 Å². The van der Waals surface area contributed by atoms with E-state index in [1.807, 2.05) is 25.1 Å². The first kappa shape index (κ1) is 23.1. The third-order valence-electron chi connectivity index (χ3n) is 4.47. The Hall–Kier alpha value is -3.22. The van der Waals surface area contributed by atoms with Crippen LogP contribution in [0.15, 0.2) is 47.5 Å². The van der Waals surface area contributed by atoms with Crippen LogP contribution in [0.5, 0.6) is 11.5 Å². The van der Waals surface area contributed by atoms with Crippen LogP contribution in [0.4, 0.5) is 0 Å². The summed E-state index contributed by atoms with van der Waals surface area (Å²) in [7, 11) is 3.26. The van der Waals surface area contributed by atoms with Crippen molar-refractivity contribution >= 4 is 11.9 Å². The molecule has 1 amide bonds. The van der Waals surface area contributed by atoms with Crippen LogP contribution < -0.4 is 25.4 Å². The van der Waals surface area contributed by atoms with Crippen LogP contribution >= 0.6 is 0 Å². The van der Waals surface area contributed by atoms with Crippen LogP contribution in [0, 0.1) is 6.92 Å². The van der Waals surface area contributed by atoms with Gasteiger partial charge in [0.25, 0.3) is 5.91 Å². The molecule has 7 heteroatoms. The smallest absolute Gasteiger partial charge is 0.251 e. The molecule has 0 aliphatic heterocycles. The monoisotopic (exact) mass is 412 g/mol. The molecule has 2 rings (SSSR count). The zero-order chi connectivity index (χ0) is 21.8. The minimum atomic E-state index is -0.135. The van der Waals surface area contributed by atoms with Gasteiger partial charge in [0.2, 0.25) is 0 Å². The Kier molecular flexibility index (Phi) is 9.51. The molecule has 0 unspecified atom stereocenters. The molecule has 7 nitrogen and oxygen atoms in total. The average Bonchev–Trinajstić information content (AvgIpc) is 2.76. The van der Waals surface area contributed by atoms with E-state index in [4.69, 9.17) is 9.47 Å². The Labute approximate surface area is 178 Å². The maximum atomic E-state index is 12.2. The third-order valence-corrected chi connectivity index (χ3v) is 4.47. The van der Waals surface area contributed by atoms with Gasteiger partial charge < -0.3 is 25.4 Å². The van der Waals surface area contributed by atoms with Crippen molar-refractivity contribution in [3.63, 3.8) is 0 Å². The molecular weight excluding hydrogens is 380 g/mol.